The van der Waals surface area contributed by atoms with Crippen LogP contribution in [0.5, 0.6) is 17.2 Å². The van der Waals surface area contributed by atoms with Crippen molar-refractivity contribution in [2.45, 2.75) is 13.0 Å². The van der Waals surface area contributed by atoms with Crippen LogP contribution in [0.1, 0.15) is 17.3 Å². The van der Waals surface area contributed by atoms with E-state index in [4.69, 9.17) is 18.9 Å². The molecule has 0 aromatic heterocycles. The number of fused-ring (bicyclic) bond motifs is 1. The van der Waals surface area contributed by atoms with E-state index in [1.54, 1.807) is 24.3 Å². The van der Waals surface area contributed by atoms with Gasteiger partial charge in [0.15, 0.2) is 17.6 Å². The Morgan fingerprint density at radius 1 is 1.17 bits per heavy atom. The second-order valence-electron chi connectivity index (χ2n) is 6.04. The minimum Gasteiger partial charge on any atom is -0.497 e. The Labute approximate surface area is 165 Å². The summed E-state index contributed by atoms with van der Waals surface area (Å²) in [5.41, 5.74) is -0.387. The van der Waals surface area contributed by atoms with Gasteiger partial charge < -0.3 is 24.3 Å². The molecule has 10 heteroatoms. The van der Waals surface area contributed by atoms with Gasteiger partial charge in [0.1, 0.15) is 24.5 Å². The first-order valence-electron chi connectivity index (χ1n) is 8.63. The maximum atomic E-state index is 12.5. The van der Waals surface area contributed by atoms with Gasteiger partial charge >= 0.3 is 5.97 Å². The van der Waals surface area contributed by atoms with Crippen LogP contribution >= 0.6 is 0 Å². The Morgan fingerprint density at radius 2 is 1.86 bits per heavy atom. The maximum Gasteiger partial charge on any atom is 0.346 e. The third-order valence-electron chi connectivity index (χ3n) is 4.07. The number of esters is 1. The van der Waals surface area contributed by atoms with E-state index in [0.717, 1.165) is 6.07 Å². The highest BCUT2D eigenvalue weighted by Gasteiger charge is 2.29. The van der Waals surface area contributed by atoms with Crippen molar-refractivity contribution in [1.82, 2.24) is 0 Å². The van der Waals surface area contributed by atoms with E-state index in [1.165, 1.54) is 20.1 Å². The Morgan fingerprint density at radius 3 is 2.52 bits per heavy atom. The molecule has 0 aliphatic carbocycles. The summed E-state index contributed by atoms with van der Waals surface area (Å²) in [5.74, 6) is -0.723. The number of benzene rings is 2. The van der Waals surface area contributed by atoms with Gasteiger partial charge in [-0.25, -0.2) is 4.79 Å². The Bertz CT molecular complexity index is 959. The first-order valence-corrected chi connectivity index (χ1v) is 8.63. The molecule has 3 rings (SSSR count). The second kappa shape index (κ2) is 8.46. The Kier molecular flexibility index (Phi) is 5.82. The van der Waals surface area contributed by atoms with Crippen LogP contribution in [0.3, 0.4) is 0 Å². The third kappa shape index (κ3) is 4.54. The Balaban J connectivity index is 1.75. The lowest BCUT2D eigenvalue weighted by molar-refractivity contribution is -0.385. The molecular weight excluding hydrogens is 384 g/mol. The lowest BCUT2D eigenvalue weighted by Crippen LogP contribution is -2.30. The van der Waals surface area contributed by atoms with Gasteiger partial charge in [-0.1, -0.05) is 6.07 Å². The number of hydrogen-bond acceptors (Lipinski definition) is 8. The van der Waals surface area contributed by atoms with Crippen LogP contribution in [0.15, 0.2) is 36.4 Å². The van der Waals surface area contributed by atoms with Gasteiger partial charge in [0.05, 0.1) is 18.1 Å². The summed E-state index contributed by atoms with van der Waals surface area (Å²) in [7, 11) is 1.49. The smallest absolute Gasteiger partial charge is 0.346 e. The minimum absolute atomic E-state index is 0.170. The van der Waals surface area contributed by atoms with E-state index in [0.29, 0.717) is 11.4 Å². The molecule has 1 N–H and O–H groups in total. The normalized spacial score (nSPS) is 13.2. The number of nitro groups is 1. The molecule has 0 spiro atoms. The summed E-state index contributed by atoms with van der Waals surface area (Å²) in [5, 5.41) is 13.9. The maximum absolute atomic E-state index is 12.5. The number of nitrogens with zero attached hydrogens (tertiary/aromatic N) is 1. The van der Waals surface area contributed by atoms with Crippen molar-refractivity contribution in [3.63, 3.8) is 0 Å². The molecule has 2 aromatic rings. The topological polar surface area (TPSA) is 126 Å². The largest absolute Gasteiger partial charge is 0.497 e. The van der Waals surface area contributed by atoms with Crippen LogP contribution in [0.2, 0.25) is 0 Å². The Hall–Kier alpha value is -3.82. The van der Waals surface area contributed by atoms with Crippen LogP contribution < -0.4 is 19.5 Å². The summed E-state index contributed by atoms with van der Waals surface area (Å²) < 4.78 is 20.9. The van der Waals surface area contributed by atoms with Crippen molar-refractivity contribution < 1.29 is 33.5 Å². The summed E-state index contributed by atoms with van der Waals surface area (Å²) in [6.45, 7) is 1.85. The van der Waals surface area contributed by atoms with Crippen LogP contribution in [0.25, 0.3) is 0 Å². The number of nitro benzene ring substituents is 1. The van der Waals surface area contributed by atoms with E-state index in [1.807, 2.05) is 0 Å². The third-order valence-corrected chi connectivity index (χ3v) is 4.07. The van der Waals surface area contributed by atoms with Gasteiger partial charge in [0.2, 0.25) is 0 Å². The zero-order chi connectivity index (χ0) is 21.0. The zero-order valence-corrected chi connectivity index (χ0v) is 15.7. The molecule has 1 amide bonds. The van der Waals surface area contributed by atoms with Gasteiger partial charge in [0.25, 0.3) is 11.6 Å². The molecule has 0 saturated heterocycles. The summed E-state index contributed by atoms with van der Waals surface area (Å²) in [4.78, 5) is 35.4. The molecule has 0 radical (unpaired) electrons. The molecule has 2 aromatic carbocycles. The van der Waals surface area contributed by atoms with Crippen molar-refractivity contribution >= 4 is 23.3 Å². The van der Waals surface area contributed by atoms with Gasteiger partial charge in [-0.3, -0.25) is 14.9 Å². The van der Waals surface area contributed by atoms with Crippen LogP contribution in [-0.2, 0) is 9.53 Å². The molecule has 1 heterocycles. The monoisotopic (exact) mass is 402 g/mol. The number of rotatable bonds is 6. The van der Waals surface area contributed by atoms with Crippen molar-refractivity contribution in [3.8, 4) is 17.2 Å². The van der Waals surface area contributed by atoms with Crippen molar-refractivity contribution in [1.29, 1.82) is 0 Å². The fourth-order valence-corrected chi connectivity index (χ4v) is 2.61. The van der Waals surface area contributed by atoms with Gasteiger partial charge in [-0.15, -0.1) is 0 Å². The number of hydrogen-bond donors (Lipinski definition) is 1. The lowest BCUT2D eigenvalue weighted by atomic mass is 10.1. The highest BCUT2D eigenvalue weighted by molar-refractivity contribution is 5.99. The van der Waals surface area contributed by atoms with Gasteiger partial charge in [-0.2, -0.15) is 0 Å². The number of carbonyl (C=O) groups excluding carboxylic acids is 2. The fraction of sp³-hybridized carbons (Fsp3) is 0.263. The molecule has 0 fully saturated rings. The van der Waals surface area contributed by atoms with Crippen LogP contribution in [0.4, 0.5) is 11.4 Å². The fourth-order valence-electron chi connectivity index (χ4n) is 2.61. The average molecular weight is 402 g/mol. The molecule has 0 saturated carbocycles. The quantitative estimate of drug-likeness (QED) is 0.444. The van der Waals surface area contributed by atoms with E-state index in [-0.39, 0.29) is 30.3 Å². The van der Waals surface area contributed by atoms with Crippen molar-refractivity contribution in [2.24, 2.45) is 0 Å². The molecule has 1 aliphatic heterocycles. The summed E-state index contributed by atoms with van der Waals surface area (Å²) >= 11 is 0. The summed E-state index contributed by atoms with van der Waals surface area (Å²) in [6.07, 6.45) is -1.21. The highest BCUT2D eigenvalue weighted by Crippen LogP contribution is 2.37. The zero-order valence-electron chi connectivity index (χ0n) is 15.7. The van der Waals surface area contributed by atoms with Crippen LogP contribution in [-0.4, -0.2) is 43.2 Å². The van der Waals surface area contributed by atoms with Gasteiger partial charge in [-0.05, 0) is 19.1 Å². The predicted molar refractivity (Wildman–Crippen MR) is 101 cm³/mol. The van der Waals surface area contributed by atoms with Crippen molar-refractivity contribution in [3.05, 3.63) is 52.1 Å². The lowest BCUT2D eigenvalue weighted by Gasteiger charge is -2.19. The van der Waals surface area contributed by atoms with Gasteiger partial charge in [0, 0.05) is 17.8 Å². The van der Waals surface area contributed by atoms with E-state index in [9.17, 15) is 19.7 Å². The molecule has 10 nitrogen and oxygen atoms in total. The molecule has 1 atom stereocenters. The molecular formula is C19H18N2O8. The van der Waals surface area contributed by atoms with Crippen molar-refractivity contribution in [2.75, 3.05) is 25.6 Å². The van der Waals surface area contributed by atoms with E-state index in [2.05, 4.69) is 5.32 Å². The summed E-state index contributed by atoms with van der Waals surface area (Å²) in [6, 6.07) is 8.91. The molecule has 152 valence electrons. The molecule has 0 bridgehead atoms. The number of ether oxygens (including phenoxy) is 4. The minimum atomic E-state index is -1.21. The number of anilines is 1. The first-order chi connectivity index (χ1) is 13.9. The van der Waals surface area contributed by atoms with Crippen LogP contribution in [0, 0.1) is 10.1 Å². The van der Waals surface area contributed by atoms with E-state index < -0.39 is 28.6 Å². The second-order valence-corrected chi connectivity index (χ2v) is 6.04. The number of carbonyl (C=O) groups is 2. The SMILES string of the molecule is COc1cccc(NC(=O)[C@@H](C)OC(=O)c2cc3c(cc2[N+](=O)[O-])OCCO3)c1. The first kappa shape index (κ1) is 19.9. The number of nitrogens with one attached hydrogen (secondary N) is 1. The number of amides is 1. The van der Waals surface area contributed by atoms with E-state index >= 15 is 0 Å². The molecule has 29 heavy (non-hydrogen) atoms. The highest BCUT2D eigenvalue weighted by atomic mass is 16.6. The predicted octanol–water partition coefficient (Wildman–Crippen LogP) is 2.56. The molecule has 0 unspecified atom stereocenters. The molecule has 1 aliphatic rings. The average Bonchev–Trinajstić information content (AvgIpc) is 2.72. The standard InChI is InChI=1S/C19H18N2O8/c1-11(18(22)20-12-4-3-5-13(8-12)26-2)29-19(23)14-9-16-17(28-7-6-27-16)10-15(14)21(24)25/h3-5,8-11H,6-7H2,1-2H3,(H,20,22)/t11-/m1/s1. The number of methoxy groups -OCH3 is 1.